The summed E-state index contributed by atoms with van der Waals surface area (Å²) in [5, 5.41) is 0. The summed E-state index contributed by atoms with van der Waals surface area (Å²) in [7, 11) is 1.70. The molecule has 0 bridgehead atoms. The summed E-state index contributed by atoms with van der Waals surface area (Å²) < 4.78 is 6.04. The number of hydrogen-bond donors (Lipinski definition) is 0. The zero-order valence-corrected chi connectivity index (χ0v) is 11.0. The van der Waals surface area contributed by atoms with Crippen LogP contribution < -0.4 is 4.74 Å². The van der Waals surface area contributed by atoms with Crippen LogP contribution in [0.4, 0.5) is 0 Å². The molecule has 1 aliphatic carbocycles. The van der Waals surface area contributed by atoms with Crippen molar-refractivity contribution in [2.45, 2.75) is 15.2 Å². The summed E-state index contributed by atoms with van der Waals surface area (Å²) in [4.78, 5) is 1.35. The summed E-state index contributed by atoms with van der Waals surface area (Å²) in [5.74, 6) is 3.15. The van der Waals surface area contributed by atoms with Gasteiger partial charge in [-0.3, -0.25) is 0 Å². The van der Waals surface area contributed by atoms with Gasteiger partial charge in [0.25, 0.3) is 0 Å². The third-order valence-electron chi connectivity index (χ3n) is 2.36. The summed E-state index contributed by atoms with van der Waals surface area (Å²) in [5.41, 5.74) is 0. The van der Waals surface area contributed by atoms with E-state index >= 15 is 0 Å². The summed E-state index contributed by atoms with van der Waals surface area (Å²) in [6.45, 7) is 0. The molecule has 0 N–H and O–H groups in total. The van der Waals surface area contributed by atoms with Gasteiger partial charge in [-0.1, -0.05) is 22.6 Å². The lowest BCUT2D eigenvalue weighted by Crippen LogP contribution is -1.85. The third-order valence-corrected chi connectivity index (χ3v) is 5.09. The minimum absolute atomic E-state index is 0.929. The Labute approximate surface area is 103 Å². The smallest absolute Gasteiger partial charge is 0.118 e. The van der Waals surface area contributed by atoms with Gasteiger partial charge in [-0.2, -0.15) is 0 Å². The minimum Gasteiger partial charge on any atom is -0.497 e. The fraction of sp³-hybridized carbons (Fsp3) is 0.455. The van der Waals surface area contributed by atoms with E-state index in [-0.39, 0.29) is 0 Å². The van der Waals surface area contributed by atoms with Crippen LogP contribution in [0.15, 0.2) is 29.2 Å². The van der Waals surface area contributed by atoms with Crippen molar-refractivity contribution in [2.24, 2.45) is 5.92 Å². The standard InChI is InChI=1S/C11H13IOS/c1-13-9-2-4-10(5-3-9)14-7-8-6-11(8)12/h2-5,8,11H,6-7H2,1H3/t8-,11-/m1/s1. The zero-order valence-electron chi connectivity index (χ0n) is 8.07. The molecule has 1 nitrogen and oxygen atoms in total. The fourth-order valence-electron chi connectivity index (χ4n) is 1.26. The van der Waals surface area contributed by atoms with E-state index in [9.17, 15) is 0 Å². The van der Waals surface area contributed by atoms with E-state index in [0.29, 0.717) is 0 Å². The van der Waals surface area contributed by atoms with E-state index in [2.05, 4.69) is 34.7 Å². The van der Waals surface area contributed by atoms with E-state index in [4.69, 9.17) is 4.74 Å². The average Bonchev–Trinajstić information content (AvgIpc) is 2.92. The van der Waals surface area contributed by atoms with Gasteiger partial charge < -0.3 is 4.74 Å². The molecule has 0 unspecified atom stereocenters. The maximum Gasteiger partial charge on any atom is 0.118 e. The number of ether oxygens (including phenoxy) is 1. The molecule has 1 fully saturated rings. The molecule has 1 aromatic rings. The van der Waals surface area contributed by atoms with Gasteiger partial charge >= 0.3 is 0 Å². The molecule has 1 aromatic carbocycles. The van der Waals surface area contributed by atoms with Crippen LogP contribution in [0, 0.1) is 5.92 Å². The molecular weight excluding hydrogens is 307 g/mol. The number of halogens is 1. The Balaban J connectivity index is 1.84. The van der Waals surface area contributed by atoms with E-state index in [1.165, 1.54) is 17.1 Å². The van der Waals surface area contributed by atoms with Gasteiger partial charge in [0.2, 0.25) is 0 Å². The highest BCUT2D eigenvalue weighted by Crippen LogP contribution is 2.41. The fourth-order valence-corrected chi connectivity index (χ4v) is 3.61. The van der Waals surface area contributed by atoms with E-state index in [1.54, 1.807) is 7.11 Å². The van der Waals surface area contributed by atoms with E-state index < -0.39 is 0 Å². The van der Waals surface area contributed by atoms with Crippen molar-refractivity contribution in [3.05, 3.63) is 24.3 Å². The Bertz CT molecular complexity index is 299. The number of rotatable bonds is 4. The first kappa shape index (κ1) is 10.6. The second kappa shape index (κ2) is 4.75. The maximum atomic E-state index is 5.11. The van der Waals surface area contributed by atoms with Crippen LogP contribution in [0.1, 0.15) is 6.42 Å². The van der Waals surface area contributed by atoms with Crippen molar-refractivity contribution < 1.29 is 4.74 Å². The summed E-state index contributed by atoms with van der Waals surface area (Å²) in [6, 6.07) is 8.32. The molecule has 0 amide bonds. The normalized spacial score (nSPS) is 24.7. The van der Waals surface area contributed by atoms with Crippen molar-refractivity contribution in [3.8, 4) is 5.75 Å². The van der Waals surface area contributed by atoms with Crippen LogP contribution in [-0.4, -0.2) is 16.8 Å². The van der Waals surface area contributed by atoms with Gasteiger partial charge in [0.05, 0.1) is 7.11 Å². The molecule has 1 aliphatic rings. The molecule has 1 saturated carbocycles. The van der Waals surface area contributed by atoms with E-state index in [1.807, 2.05) is 23.9 Å². The van der Waals surface area contributed by atoms with Gasteiger partial charge in [0.15, 0.2) is 0 Å². The molecule has 0 heterocycles. The van der Waals surface area contributed by atoms with Crippen molar-refractivity contribution >= 4 is 34.4 Å². The number of benzene rings is 1. The molecule has 3 heteroatoms. The highest BCUT2D eigenvalue weighted by Gasteiger charge is 2.33. The number of hydrogen-bond acceptors (Lipinski definition) is 2. The van der Waals surface area contributed by atoms with Crippen molar-refractivity contribution in [2.75, 3.05) is 12.9 Å². The predicted octanol–water partition coefficient (Wildman–Crippen LogP) is 3.61. The van der Waals surface area contributed by atoms with E-state index in [0.717, 1.165) is 15.6 Å². The quantitative estimate of drug-likeness (QED) is 0.476. The molecule has 0 aromatic heterocycles. The molecule has 14 heavy (non-hydrogen) atoms. The van der Waals surface area contributed by atoms with Crippen molar-refractivity contribution in [1.82, 2.24) is 0 Å². The first-order valence-corrected chi connectivity index (χ1v) is 6.93. The number of methoxy groups -OCH3 is 1. The number of thioether (sulfide) groups is 1. The number of alkyl halides is 1. The Morgan fingerprint density at radius 1 is 1.43 bits per heavy atom. The highest BCUT2D eigenvalue weighted by atomic mass is 127. The molecular formula is C11H13IOS. The van der Waals surface area contributed by atoms with Gasteiger partial charge in [-0.25, -0.2) is 0 Å². The van der Waals surface area contributed by atoms with Gasteiger partial charge in [-0.15, -0.1) is 11.8 Å². The topological polar surface area (TPSA) is 9.23 Å². The first-order valence-electron chi connectivity index (χ1n) is 4.70. The molecule has 2 rings (SSSR count). The highest BCUT2D eigenvalue weighted by molar-refractivity contribution is 14.1. The van der Waals surface area contributed by atoms with Crippen molar-refractivity contribution in [3.63, 3.8) is 0 Å². The van der Waals surface area contributed by atoms with Gasteiger partial charge in [0, 0.05) is 14.6 Å². The van der Waals surface area contributed by atoms with Crippen LogP contribution in [0.5, 0.6) is 5.75 Å². The Hall–Kier alpha value is 0.1000. The maximum absolute atomic E-state index is 5.11. The van der Waals surface area contributed by atoms with Crippen LogP contribution in [0.3, 0.4) is 0 Å². The van der Waals surface area contributed by atoms with Crippen LogP contribution >= 0.6 is 34.4 Å². The molecule has 2 atom stereocenters. The summed E-state index contributed by atoms with van der Waals surface area (Å²) in [6.07, 6.45) is 1.41. The third kappa shape index (κ3) is 2.79. The van der Waals surface area contributed by atoms with Crippen LogP contribution in [-0.2, 0) is 0 Å². The second-order valence-corrected chi connectivity index (χ2v) is 6.19. The Morgan fingerprint density at radius 2 is 2.07 bits per heavy atom. The van der Waals surface area contributed by atoms with Gasteiger partial charge in [0.1, 0.15) is 5.75 Å². The average molecular weight is 320 g/mol. The second-order valence-electron chi connectivity index (χ2n) is 3.50. The summed E-state index contributed by atoms with van der Waals surface area (Å²) >= 11 is 4.49. The predicted molar refractivity (Wildman–Crippen MR) is 69.6 cm³/mol. The first-order chi connectivity index (χ1) is 6.79. The van der Waals surface area contributed by atoms with Crippen LogP contribution in [0.2, 0.25) is 0 Å². The monoisotopic (exact) mass is 320 g/mol. The Kier molecular flexibility index (Phi) is 3.60. The largest absolute Gasteiger partial charge is 0.497 e. The van der Waals surface area contributed by atoms with Gasteiger partial charge in [-0.05, 0) is 36.6 Å². The molecule has 0 spiro atoms. The lowest BCUT2D eigenvalue weighted by atomic mass is 10.3. The minimum atomic E-state index is 0.929. The molecule has 0 saturated heterocycles. The molecule has 76 valence electrons. The lowest BCUT2D eigenvalue weighted by molar-refractivity contribution is 0.414. The zero-order chi connectivity index (χ0) is 9.97. The molecule has 0 radical (unpaired) electrons. The molecule has 0 aliphatic heterocycles. The Morgan fingerprint density at radius 3 is 2.57 bits per heavy atom. The SMILES string of the molecule is COc1ccc(SC[C@H]2C[C@H]2I)cc1. The van der Waals surface area contributed by atoms with Crippen molar-refractivity contribution in [1.29, 1.82) is 0 Å². The van der Waals surface area contributed by atoms with Crippen LogP contribution in [0.25, 0.3) is 0 Å². The lowest BCUT2D eigenvalue weighted by Gasteiger charge is -2.02.